The third-order valence-electron chi connectivity index (χ3n) is 3.04. The highest BCUT2D eigenvalue weighted by Crippen LogP contribution is 2.17. The highest BCUT2D eigenvalue weighted by molar-refractivity contribution is 5.76. The third-order valence-corrected chi connectivity index (χ3v) is 3.04. The molecule has 1 aliphatic heterocycles. The molecule has 0 bridgehead atoms. The van der Waals surface area contributed by atoms with E-state index in [-0.39, 0.29) is 11.9 Å². The van der Waals surface area contributed by atoms with Gasteiger partial charge in [-0.1, -0.05) is 13.8 Å². The van der Waals surface area contributed by atoms with Crippen LogP contribution in [0.5, 0.6) is 0 Å². The second kappa shape index (κ2) is 6.26. The Morgan fingerprint density at radius 2 is 1.95 bits per heavy atom. The zero-order chi connectivity index (χ0) is 14.6. The summed E-state index contributed by atoms with van der Waals surface area (Å²) in [5, 5.41) is 2.86. The summed E-state index contributed by atoms with van der Waals surface area (Å²) >= 11 is 0. The number of likely N-dealkylation sites (tertiary alicyclic amines) is 1. The lowest BCUT2D eigenvalue weighted by atomic mass is 9.96. The van der Waals surface area contributed by atoms with Crippen LogP contribution in [0.15, 0.2) is 0 Å². The molecule has 0 radical (unpaired) electrons. The van der Waals surface area contributed by atoms with Crippen molar-refractivity contribution < 1.29 is 14.3 Å². The largest absolute Gasteiger partial charge is 0.444 e. The highest BCUT2D eigenvalue weighted by atomic mass is 16.6. The lowest BCUT2D eigenvalue weighted by molar-refractivity contribution is -0.133. The summed E-state index contributed by atoms with van der Waals surface area (Å²) in [6.07, 6.45) is 0.981. The van der Waals surface area contributed by atoms with Gasteiger partial charge >= 0.3 is 6.09 Å². The van der Waals surface area contributed by atoms with Crippen molar-refractivity contribution >= 4 is 12.0 Å². The Hall–Kier alpha value is -1.26. The number of hydrogen-bond donors (Lipinski definition) is 1. The SMILES string of the molecule is CCC(=O)N1CC(C)CC(NC(=O)OC(C)(C)C)C1. The van der Waals surface area contributed by atoms with E-state index in [1.165, 1.54) is 0 Å². The van der Waals surface area contributed by atoms with E-state index in [4.69, 9.17) is 4.74 Å². The Balaban J connectivity index is 2.53. The van der Waals surface area contributed by atoms with Crippen molar-refractivity contribution in [3.8, 4) is 0 Å². The first-order chi connectivity index (χ1) is 8.71. The normalized spacial score (nSPS) is 23.9. The van der Waals surface area contributed by atoms with E-state index >= 15 is 0 Å². The van der Waals surface area contributed by atoms with Gasteiger partial charge in [-0.2, -0.15) is 0 Å². The van der Waals surface area contributed by atoms with Gasteiger partial charge < -0.3 is 15.0 Å². The Bertz CT molecular complexity index is 336. The van der Waals surface area contributed by atoms with Crippen molar-refractivity contribution in [2.45, 2.75) is 59.1 Å². The van der Waals surface area contributed by atoms with E-state index in [0.717, 1.165) is 13.0 Å². The minimum Gasteiger partial charge on any atom is -0.444 e. The van der Waals surface area contributed by atoms with E-state index in [1.807, 2.05) is 32.6 Å². The van der Waals surface area contributed by atoms with Crippen LogP contribution in [0.25, 0.3) is 0 Å². The van der Waals surface area contributed by atoms with E-state index in [1.54, 1.807) is 0 Å². The number of carbonyl (C=O) groups is 2. The van der Waals surface area contributed by atoms with E-state index in [2.05, 4.69) is 12.2 Å². The van der Waals surface area contributed by atoms with Gasteiger partial charge in [-0.15, -0.1) is 0 Å². The molecule has 0 spiro atoms. The number of carbonyl (C=O) groups excluding carboxylic acids is 2. The topological polar surface area (TPSA) is 58.6 Å². The fourth-order valence-corrected chi connectivity index (χ4v) is 2.36. The number of alkyl carbamates (subject to hydrolysis) is 1. The number of amides is 2. The molecule has 0 aromatic carbocycles. The van der Waals surface area contributed by atoms with E-state index in [9.17, 15) is 9.59 Å². The van der Waals surface area contributed by atoms with Crippen LogP contribution in [0.2, 0.25) is 0 Å². The van der Waals surface area contributed by atoms with Crippen molar-refractivity contribution in [3.05, 3.63) is 0 Å². The molecule has 110 valence electrons. The van der Waals surface area contributed by atoms with E-state index < -0.39 is 11.7 Å². The molecule has 1 aliphatic rings. The molecule has 0 aromatic rings. The summed E-state index contributed by atoms with van der Waals surface area (Å²) in [6, 6.07) is -0.0194. The van der Waals surface area contributed by atoms with Crippen molar-refractivity contribution in [3.63, 3.8) is 0 Å². The van der Waals surface area contributed by atoms with Crippen molar-refractivity contribution in [1.82, 2.24) is 10.2 Å². The van der Waals surface area contributed by atoms with Gasteiger partial charge in [0.05, 0.1) is 6.04 Å². The molecular weight excluding hydrogens is 244 g/mol. The molecule has 19 heavy (non-hydrogen) atoms. The summed E-state index contributed by atoms with van der Waals surface area (Å²) in [6.45, 7) is 10.8. The first-order valence-electron chi connectivity index (χ1n) is 6.98. The van der Waals surface area contributed by atoms with Crippen LogP contribution >= 0.6 is 0 Å². The minimum atomic E-state index is -0.497. The maximum Gasteiger partial charge on any atom is 0.407 e. The fourth-order valence-electron chi connectivity index (χ4n) is 2.36. The Morgan fingerprint density at radius 3 is 2.47 bits per heavy atom. The summed E-state index contributed by atoms with van der Waals surface area (Å²) in [7, 11) is 0. The van der Waals surface area contributed by atoms with Crippen LogP contribution in [-0.4, -0.2) is 41.6 Å². The van der Waals surface area contributed by atoms with Gasteiger partial charge in [-0.05, 0) is 33.1 Å². The summed E-state index contributed by atoms with van der Waals surface area (Å²) < 4.78 is 5.24. The van der Waals surface area contributed by atoms with Crippen LogP contribution in [0, 0.1) is 5.92 Å². The molecule has 5 heteroatoms. The second-order valence-corrected chi connectivity index (χ2v) is 6.34. The molecule has 2 atom stereocenters. The van der Waals surface area contributed by atoms with Crippen molar-refractivity contribution in [2.75, 3.05) is 13.1 Å². The zero-order valence-corrected chi connectivity index (χ0v) is 12.7. The van der Waals surface area contributed by atoms with Gasteiger partial charge in [0.1, 0.15) is 5.60 Å². The zero-order valence-electron chi connectivity index (χ0n) is 12.7. The molecule has 2 unspecified atom stereocenters. The number of rotatable bonds is 2. The van der Waals surface area contributed by atoms with Gasteiger partial charge in [0.15, 0.2) is 0 Å². The number of nitrogens with one attached hydrogen (secondary N) is 1. The van der Waals surface area contributed by atoms with Gasteiger partial charge in [0.25, 0.3) is 0 Å². The second-order valence-electron chi connectivity index (χ2n) is 6.34. The molecule has 0 aliphatic carbocycles. The molecule has 1 heterocycles. The first-order valence-corrected chi connectivity index (χ1v) is 6.98. The van der Waals surface area contributed by atoms with E-state index in [0.29, 0.717) is 18.9 Å². The predicted molar refractivity (Wildman–Crippen MR) is 73.8 cm³/mol. The molecule has 0 aromatic heterocycles. The monoisotopic (exact) mass is 270 g/mol. The van der Waals surface area contributed by atoms with Gasteiger partial charge in [0, 0.05) is 19.5 Å². The smallest absolute Gasteiger partial charge is 0.407 e. The Kier molecular flexibility index (Phi) is 5.20. The lowest BCUT2D eigenvalue weighted by Gasteiger charge is -2.37. The molecular formula is C14H26N2O3. The average molecular weight is 270 g/mol. The average Bonchev–Trinajstić information content (AvgIpc) is 2.24. The molecule has 2 amide bonds. The summed E-state index contributed by atoms with van der Waals surface area (Å²) in [5.74, 6) is 0.534. The maximum atomic E-state index is 11.8. The quantitative estimate of drug-likeness (QED) is 0.836. The number of nitrogens with zero attached hydrogens (tertiary/aromatic N) is 1. The molecule has 0 saturated carbocycles. The highest BCUT2D eigenvalue weighted by Gasteiger charge is 2.29. The standard InChI is InChI=1S/C14H26N2O3/c1-6-12(17)16-8-10(2)7-11(9-16)15-13(18)19-14(3,4)5/h10-11H,6-9H2,1-5H3,(H,15,18). The van der Waals surface area contributed by atoms with Crippen LogP contribution in [-0.2, 0) is 9.53 Å². The number of ether oxygens (including phenoxy) is 1. The van der Waals surface area contributed by atoms with Crippen LogP contribution < -0.4 is 5.32 Å². The van der Waals surface area contributed by atoms with Crippen molar-refractivity contribution in [2.24, 2.45) is 5.92 Å². The van der Waals surface area contributed by atoms with Crippen LogP contribution in [0.4, 0.5) is 4.79 Å². The molecule has 1 saturated heterocycles. The van der Waals surface area contributed by atoms with Crippen molar-refractivity contribution in [1.29, 1.82) is 0 Å². The third kappa shape index (κ3) is 5.49. The predicted octanol–water partition coefficient (Wildman–Crippen LogP) is 2.16. The maximum absolute atomic E-state index is 11.8. The molecule has 1 N–H and O–H groups in total. The van der Waals surface area contributed by atoms with Gasteiger partial charge in [-0.25, -0.2) is 4.79 Å². The lowest BCUT2D eigenvalue weighted by Crippen LogP contribution is -2.52. The Labute approximate surface area is 115 Å². The summed E-state index contributed by atoms with van der Waals surface area (Å²) in [5.41, 5.74) is -0.497. The van der Waals surface area contributed by atoms with Gasteiger partial charge in [0.2, 0.25) is 5.91 Å². The number of hydrogen-bond acceptors (Lipinski definition) is 3. The minimum absolute atomic E-state index is 0.0194. The molecule has 5 nitrogen and oxygen atoms in total. The Morgan fingerprint density at radius 1 is 1.32 bits per heavy atom. The summed E-state index contributed by atoms with van der Waals surface area (Å²) in [4.78, 5) is 25.3. The molecule has 1 fully saturated rings. The molecule has 1 rings (SSSR count). The number of piperidine rings is 1. The fraction of sp³-hybridized carbons (Fsp3) is 0.857. The van der Waals surface area contributed by atoms with Crippen LogP contribution in [0.1, 0.15) is 47.5 Å². The first kappa shape index (κ1) is 15.8. The van der Waals surface area contributed by atoms with Gasteiger partial charge in [-0.3, -0.25) is 4.79 Å². The van der Waals surface area contributed by atoms with Crippen LogP contribution in [0.3, 0.4) is 0 Å².